The Balaban J connectivity index is 1.80. The average Bonchev–Trinajstić information content (AvgIpc) is 2.67. The molecule has 1 saturated heterocycles. The SMILES string of the molecule is CCC(C)(C)C(=O)O[C@H]1C[C@H](C)CC2=CC(=O)[C@@H](C)[C@@H](CC[C@@H]3C[C@@H](O)CC(=O)O3)C21. The summed E-state index contributed by atoms with van der Waals surface area (Å²) in [5, 5.41) is 9.92. The lowest BCUT2D eigenvalue weighted by Gasteiger charge is -2.46. The Labute approximate surface area is 185 Å². The molecule has 2 aliphatic carbocycles. The van der Waals surface area contributed by atoms with Gasteiger partial charge in [-0.05, 0) is 63.9 Å². The van der Waals surface area contributed by atoms with E-state index in [0.717, 1.165) is 18.4 Å². The summed E-state index contributed by atoms with van der Waals surface area (Å²) in [4.78, 5) is 37.3. The molecule has 0 bridgehead atoms. The quantitative estimate of drug-likeness (QED) is 0.636. The molecule has 31 heavy (non-hydrogen) atoms. The summed E-state index contributed by atoms with van der Waals surface area (Å²) < 4.78 is 11.5. The Morgan fingerprint density at radius 1 is 1.19 bits per heavy atom. The maximum absolute atomic E-state index is 12.9. The van der Waals surface area contributed by atoms with Crippen LogP contribution in [0.1, 0.15) is 79.6 Å². The number of ketones is 1. The minimum Gasteiger partial charge on any atom is -0.462 e. The Hall–Kier alpha value is -1.69. The average molecular weight is 435 g/mol. The molecular formula is C25H38O6. The Morgan fingerprint density at radius 3 is 2.55 bits per heavy atom. The van der Waals surface area contributed by atoms with E-state index in [1.807, 2.05) is 27.7 Å². The maximum Gasteiger partial charge on any atom is 0.311 e. The number of esters is 2. The van der Waals surface area contributed by atoms with E-state index in [0.29, 0.717) is 31.6 Å². The molecule has 1 unspecified atom stereocenters. The van der Waals surface area contributed by atoms with Crippen LogP contribution in [0, 0.1) is 29.1 Å². The zero-order chi connectivity index (χ0) is 22.9. The number of allylic oxidation sites excluding steroid dienone is 1. The molecule has 174 valence electrons. The number of aliphatic hydroxyl groups excluding tert-OH is 1. The van der Waals surface area contributed by atoms with Crippen molar-refractivity contribution in [2.75, 3.05) is 0 Å². The third kappa shape index (κ3) is 5.39. The normalized spacial score (nSPS) is 36.3. The standard InChI is InChI=1S/C25H38O6/c1-6-25(4,5)24(29)31-21-10-14(2)9-16-11-20(27)15(3)19(23(16)21)8-7-18-12-17(26)13-22(28)30-18/h11,14-15,17-19,21,23,26H,6-10,12-13H2,1-5H3/t14-,15+,17-,18-,19-,21+,23?/m1/s1. The lowest BCUT2D eigenvalue weighted by Crippen LogP contribution is -2.46. The molecule has 6 heteroatoms. The first-order chi connectivity index (χ1) is 14.5. The lowest BCUT2D eigenvalue weighted by molar-refractivity contribution is -0.167. The molecule has 7 atom stereocenters. The number of carbonyl (C=O) groups excluding carboxylic acids is 3. The molecule has 1 heterocycles. The molecule has 6 nitrogen and oxygen atoms in total. The minimum atomic E-state index is -0.660. The molecule has 0 aromatic heterocycles. The molecule has 0 spiro atoms. The molecule has 0 radical (unpaired) electrons. The van der Waals surface area contributed by atoms with Crippen LogP contribution in [0.15, 0.2) is 11.6 Å². The van der Waals surface area contributed by atoms with Crippen molar-refractivity contribution in [3.8, 4) is 0 Å². The molecule has 3 aliphatic rings. The van der Waals surface area contributed by atoms with Gasteiger partial charge in [-0.25, -0.2) is 0 Å². The first-order valence-corrected chi connectivity index (χ1v) is 11.8. The van der Waals surface area contributed by atoms with Crippen molar-refractivity contribution >= 4 is 17.7 Å². The van der Waals surface area contributed by atoms with Crippen molar-refractivity contribution in [3.63, 3.8) is 0 Å². The van der Waals surface area contributed by atoms with E-state index in [2.05, 4.69) is 6.92 Å². The van der Waals surface area contributed by atoms with Crippen LogP contribution in [0.5, 0.6) is 0 Å². The van der Waals surface area contributed by atoms with Crippen LogP contribution in [-0.2, 0) is 23.9 Å². The van der Waals surface area contributed by atoms with Gasteiger partial charge >= 0.3 is 11.9 Å². The van der Waals surface area contributed by atoms with Crippen LogP contribution in [0.2, 0.25) is 0 Å². The predicted octanol–water partition coefficient (Wildman–Crippen LogP) is 3.99. The van der Waals surface area contributed by atoms with Gasteiger partial charge in [0.1, 0.15) is 12.2 Å². The number of ether oxygens (including phenoxy) is 2. The minimum absolute atomic E-state index is 0.0183. The third-order valence-electron chi connectivity index (χ3n) is 7.68. The van der Waals surface area contributed by atoms with Gasteiger partial charge in [0.05, 0.1) is 17.9 Å². The van der Waals surface area contributed by atoms with E-state index < -0.39 is 11.5 Å². The molecule has 1 saturated carbocycles. The second kappa shape index (κ2) is 9.43. The van der Waals surface area contributed by atoms with Crippen molar-refractivity contribution < 1.29 is 29.0 Å². The number of cyclic esters (lactones) is 1. The zero-order valence-corrected chi connectivity index (χ0v) is 19.6. The fourth-order valence-electron chi connectivity index (χ4n) is 5.35. The lowest BCUT2D eigenvalue weighted by atomic mass is 9.62. The summed E-state index contributed by atoms with van der Waals surface area (Å²) in [5.41, 5.74) is 0.558. The molecule has 1 N–H and O–H groups in total. The van der Waals surface area contributed by atoms with Crippen molar-refractivity contribution in [1.82, 2.24) is 0 Å². The van der Waals surface area contributed by atoms with E-state index in [9.17, 15) is 19.5 Å². The number of carbonyl (C=O) groups is 3. The van der Waals surface area contributed by atoms with Gasteiger partial charge in [0, 0.05) is 18.3 Å². The summed E-state index contributed by atoms with van der Waals surface area (Å²) in [6, 6.07) is 0. The van der Waals surface area contributed by atoms with Gasteiger partial charge in [-0.3, -0.25) is 14.4 Å². The van der Waals surface area contributed by atoms with Crippen LogP contribution in [0.25, 0.3) is 0 Å². The first-order valence-electron chi connectivity index (χ1n) is 11.8. The zero-order valence-electron chi connectivity index (χ0n) is 19.6. The number of hydrogen-bond donors (Lipinski definition) is 1. The van der Waals surface area contributed by atoms with Crippen molar-refractivity contribution in [1.29, 1.82) is 0 Å². The maximum atomic E-state index is 12.9. The molecule has 0 aromatic carbocycles. The third-order valence-corrected chi connectivity index (χ3v) is 7.68. The highest BCUT2D eigenvalue weighted by atomic mass is 16.6. The highest BCUT2D eigenvalue weighted by Gasteiger charge is 2.46. The van der Waals surface area contributed by atoms with Crippen LogP contribution >= 0.6 is 0 Å². The molecule has 1 aliphatic heterocycles. The van der Waals surface area contributed by atoms with E-state index in [4.69, 9.17) is 9.47 Å². The Bertz CT molecular complexity index is 738. The Kier molecular flexibility index (Phi) is 7.29. The Morgan fingerprint density at radius 2 is 1.90 bits per heavy atom. The first kappa shape index (κ1) is 24.0. The monoisotopic (exact) mass is 434 g/mol. The van der Waals surface area contributed by atoms with Crippen LogP contribution in [0.4, 0.5) is 0 Å². The highest BCUT2D eigenvalue weighted by molar-refractivity contribution is 5.93. The van der Waals surface area contributed by atoms with E-state index in [1.54, 1.807) is 6.08 Å². The predicted molar refractivity (Wildman–Crippen MR) is 116 cm³/mol. The van der Waals surface area contributed by atoms with E-state index >= 15 is 0 Å². The summed E-state index contributed by atoms with van der Waals surface area (Å²) >= 11 is 0. The van der Waals surface area contributed by atoms with Crippen molar-refractivity contribution in [2.24, 2.45) is 29.1 Å². The molecule has 2 fully saturated rings. The van der Waals surface area contributed by atoms with Gasteiger partial charge in [0.25, 0.3) is 0 Å². The van der Waals surface area contributed by atoms with Gasteiger partial charge in [0.2, 0.25) is 0 Å². The van der Waals surface area contributed by atoms with Crippen LogP contribution in [0.3, 0.4) is 0 Å². The fraction of sp³-hybridized carbons (Fsp3) is 0.800. The summed E-state index contributed by atoms with van der Waals surface area (Å²) in [5.74, 6) is -0.193. The molecule has 3 rings (SSSR count). The van der Waals surface area contributed by atoms with Gasteiger partial charge < -0.3 is 14.6 Å². The largest absolute Gasteiger partial charge is 0.462 e. The topological polar surface area (TPSA) is 89.9 Å². The summed E-state index contributed by atoms with van der Waals surface area (Å²) in [6.07, 6.45) is 4.69. The summed E-state index contributed by atoms with van der Waals surface area (Å²) in [7, 11) is 0. The highest BCUT2D eigenvalue weighted by Crippen LogP contribution is 2.47. The molecule has 0 amide bonds. The molecule has 0 aromatic rings. The van der Waals surface area contributed by atoms with Crippen LogP contribution in [-0.4, -0.2) is 41.1 Å². The second-order valence-corrected chi connectivity index (χ2v) is 10.6. The van der Waals surface area contributed by atoms with Crippen molar-refractivity contribution in [3.05, 3.63) is 11.6 Å². The molecular weight excluding hydrogens is 396 g/mol. The van der Waals surface area contributed by atoms with Gasteiger partial charge in [-0.1, -0.05) is 26.3 Å². The van der Waals surface area contributed by atoms with Crippen molar-refractivity contribution in [2.45, 2.75) is 97.9 Å². The van der Waals surface area contributed by atoms with E-state index in [-0.39, 0.29) is 54.1 Å². The van der Waals surface area contributed by atoms with E-state index in [1.165, 1.54) is 0 Å². The smallest absolute Gasteiger partial charge is 0.311 e. The number of rotatable bonds is 6. The second-order valence-electron chi connectivity index (χ2n) is 10.6. The summed E-state index contributed by atoms with van der Waals surface area (Å²) in [6.45, 7) is 9.90. The van der Waals surface area contributed by atoms with Gasteiger partial charge in [0.15, 0.2) is 5.78 Å². The number of fused-ring (bicyclic) bond motifs is 1. The van der Waals surface area contributed by atoms with Crippen LogP contribution < -0.4 is 0 Å². The van der Waals surface area contributed by atoms with Gasteiger partial charge in [-0.15, -0.1) is 0 Å². The van der Waals surface area contributed by atoms with Gasteiger partial charge in [-0.2, -0.15) is 0 Å². The number of aliphatic hydroxyl groups is 1. The fourth-order valence-corrected chi connectivity index (χ4v) is 5.35. The number of hydrogen-bond acceptors (Lipinski definition) is 6.